The molecule has 0 aromatic heterocycles. The van der Waals surface area contributed by atoms with Gasteiger partial charge in [-0.15, -0.1) is 0 Å². The number of carbonyl (C=O) groups excluding carboxylic acids is 1. The van der Waals surface area contributed by atoms with Gasteiger partial charge in [0, 0.05) is 32.7 Å². The summed E-state index contributed by atoms with van der Waals surface area (Å²) in [7, 11) is -2.23. The van der Waals surface area contributed by atoms with Crippen LogP contribution in [-0.2, 0) is 10.0 Å². The molecular weight excluding hydrogens is 448 g/mol. The second-order valence-electron chi connectivity index (χ2n) is 6.96. The zero-order chi connectivity index (χ0) is 22.7. The van der Waals surface area contributed by atoms with Gasteiger partial charge in [0.25, 0.3) is 15.9 Å². The Morgan fingerprint density at radius 3 is 2.31 bits per heavy atom. The van der Waals surface area contributed by atoms with E-state index in [1.165, 1.54) is 30.3 Å². The zero-order valence-corrected chi connectivity index (χ0v) is 18.6. The van der Waals surface area contributed by atoms with Crippen LogP contribution in [0.15, 0.2) is 89.8 Å². The van der Waals surface area contributed by atoms with E-state index in [4.69, 9.17) is 16.3 Å². The average Bonchev–Trinajstić information content (AvgIpc) is 2.79. The minimum atomic E-state index is -3.82. The van der Waals surface area contributed by atoms with Crippen LogP contribution in [0.25, 0.3) is 10.8 Å². The lowest BCUT2D eigenvalue weighted by molar-refractivity contribution is 0.102. The standard InChI is InChI=1S/C24H19ClN2O4S/c1-31-23-14-13-22(20-7-2-3-8-21(20)23)26-24(28)16-5-4-6-18(15-16)27-32(29,30)19-11-9-17(25)10-12-19/h2-15,27H,1H3,(H,26,28). The van der Waals surface area contributed by atoms with E-state index < -0.39 is 10.0 Å². The molecule has 0 unspecified atom stereocenters. The molecule has 2 N–H and O–H groups in total. The van der Waals surface area contributed by atoms with Crippen LogP contribution in [-0.4, -0.2) is 21.4 Å². The molecule has 0 aliphatic carbocycles. The van der Waals surface area contributed by atoms with E-state index in [0.29, 0.717) is 22.0 Å². The number of nitrogens with one attached hydrogen (secondary N) is 2. The third kappa shape index (κ3) is 4.54. The van der Waals surface area contributed by atoms with Crippen molar-refractivity contribution in [2.75, 3.05) is 17.1 Å². The van der Waals surface area contributed by atoms with Crippen LogP contribution in [0.5, 0.6) is 5.75 Å². The van der Waals surface area contributed by atoms with Crippen molar-refractivity contribution >= 4 is 49.7 Å². The molecule has 0 bridgehead atoms. The Labute approximate surface area is 190 Å². The van der Waals surface area contributed by atoms with E-state index >= 15 is 0 Å². The first-order valence-corrected chi connectivity index (χ1v) is 11.5. The van der Waals surface area contributed by atoms with Crippen LogP contribution >= 0.6 is 11.6 Å². The Balaban J connectivity index is 1.58. The molecule has 4 rings (SSSR count). The van der Waals surface area contributed by atoms with Gasteiger partial charge in [0.1, 0.15) is 5.75 Å². The van der Waals surface area contributed by atoms with Gasteiger partial charge in [-0.3, -0.25) is 9.52 Å². The Hall–Kier alpha value is -3.55. The van der Waals surface area contributed by atoms with Gasteiger partial charge >= 0.3 is 0 Å². The van der Waals surface area contributed by atoms with Gasteiger partial charge in [0.2, 0.25) is 0 Å². The summed E-state index contributed by atoms with van der Waals surface area (Å²) in [4.78, 5) is 13.0. The van der Waals surface area contributed by atoms with Crippen LogP contribution in [0.3, 0.4) is 0 Å². The lowest BCUT2D eigenvalue weighted by atomic mass is 10.1. The predicted molar refractivity (Wildman–Crippen MR) is 127 cm³/mol. The van der Waals surface area contributed by atoms with Gasteiger partial charge < -0.3 is 10.1 Å². The number of hydrogen-bond acceptors (Lipinski definition) is 4. The summed E-state index contributed by atoms with van der Waals surface area (Å²) in [5, 5.41) is 5.04. The van der Waals surface area contributed by atoms with Crippen LogP contribution in [0, 0.1) is 0 Å². The number of ether oxygens (including phenoxy) is 1. The number of sulfonamides is 1. The summed E-state index contributed by atoms with van der Waals surface area (Å²) >= 11 is 5.83. The van der Waals surface area contributed by atoms with Crippen molar-refractivity contribution in [1.82, 2.24) is 0 Å². The fourth-order valence-electron chi connectivity index (χ4n) is 3.30. The van der Waals surface area contributed by atoms with Gasteiger partial charge in [-0.05, 0) is 54.6 Å². The smallest absolute Gasteiger partial charge is 0.261 e. The maximum atomic E-state index is 12.9. The number of anilines is 2. The van der Waals surface area contributed by atoms with Gasteiger partial charge in [0.15, 0.2) is 0 Å². The molecule has 0 saturated heterocycles. The Morgan fingerprint density at radius 2 is 1.59 bits per heavy atom. The minimum Gasteiger partial charge on any atom is -0.496 e. The molecule has 0 saturated carbocycles. The van der Waals surface area contributed by atoms with Crippen LogP contribution in [0.1, 0.15) is 10.4 Å². The summed E-state index contributed by atoms with van der Waals surface area (Å²) in [6, 6.07) is 23.2. The van der Waals surface area contributed by atoms with Gasteiger partial charge in [-0.2, -0.15) is 0 Å². The normalized spacial score (nSPS) is 11.2. The molecule has 0 spiro atoms. The summed E-state index contributed by atoms with van der Waals surface area (Å²) in [5.74, 6) is 0.338. The first-order valence-electron chi connectivity index (χ1n) is 9.63. The zero-order valence-electron chi connectivity index (χ0n) is 17.0. The SMILES string of the molecule is COc1ccc(NC(=O)c2cccc(NS(=O)(=O)c3ccc(Cl)cc3)c2)c2ccccc12. The highest BCUT2D eigenvalue weighted by molar-refractivity contribution is 7.92. The number of fused-ring (bicyclic) bond motifs is 1. The highest BCUT2D eigenvalue weighted by Crippen LogP contribution is 2.31. The number of amides is 1. The molecule has 32 heavy (non-hydrogen) atoms. The van der Waals surface area contributed by atoms with Crippen molar-refractivity contribution in [2.45, 2.75) is 4.90 Å². The topological polar surface area (TPSA) is 84.5 Å². The highest BCUT2D eigenvalue weighted by atomic mass is 35.5. The Morgan fingerprint density at radius 1 is 0.875 bits per heavy atom. The lowest BCUT2D eigenvalue weighted by Crippen LogP contribution is -2.15. The second-order valence-corrected chi connectivity index (χ2v) is 9.07. The fourth-order valence-corrected chi connectivity index (χ4v) is 4.48. The van der Waals surface area contributed by atoms with Crippen molar-refractivity contribution in [1.29, 1.82) is 0 Å². The summed E-state index contributed by atoms with van der Waals surface area (Å²) in [6.45, 7) is 0. The highest BCUT2D eigenvalue weighted by Gasteiger charge is 2.16. The molecule has 0 aliphatic rings. The van der Waals surface area contributed by atoms with E-state index in [-0.39, 0.29) is 16.5 Å². The summed E-state index contributed by atoms with van der Waals surface area (Å²) in [6.07, 6.45) is 0. The van der Waals surface area contributed by atoms with E-state index in [1.807, 2.05) is 24.3 Å². The van der Waals surface area contributed by atoms with Crippen LogP contribution in [0.2, 0.25) is 5.02 Å². The van der Waals surface area contributed by atoms with Crippen molar-refractivity contribution < 1.29 is 17.9 Å². The minimum absolute atomic E-state index is 0.0708. The molecule has 0 heterocycles. The van der Waals surface area contributed by atoms with Crippen LogP contribution in [0.4, 0.5) is 11.4 Å². The third-order valence-electron chi connectivity index (χ3n) is 4.85. The number of methoxy groups -OCH3 is 1. The predicted octanol–water partition coefficient (Wildman–Crippen LogP) is 5.55. The van der Waals surface area contributed by atoms with Crippen molar-refractivity contribution in [2.24, 2.45) is 0 Å². The first-order chi connectivity index (χ1) is 15.4. The Kier molecular flexibility index (Phi) is 6.03. The van der Waals surface area contributed by atoms with Gasteiger partial charge in [-0.25, -0.2) is 8.42 Å². The molecule has 4 aromatic carbocycles. The first kappa shape index (κ1) is 21.7. The lowest BCUT2D eigenvalue weighted by Gasteiger charge is -2.13. The van der Waals surface area contributed by atoms with E-state index in [0.717, 1.165) is 10.8 Å². The molecule has 0 aliphatic heterocycles. The number of hydrogen-bond donors (Lipinski definition) is 2. The number of rotatable bonds is 6. The van der Waals surface area contributed by atoms with Crippen molar-refractivity contribution in [3.8, 4) is 5.75 Å². The van der Waals surface area contributed by atoms with Crippen molar-refractivity contribution in [3.05, 3.63) is 95.5 Å². The maximum absolute atomic E-state index is 12.9. The molecular formula is C24H19ClN2O4S. The van der Waals surface area contributed by atoms with E-state index in [1.54, 1.807) is 37.4 Å². The monoisotopic (exact) mass is 466 g/mol. The number of carbonyl (C=O) groups is 1. The van der Waals surface area contributed by atoms with E-state index in [9.17, 15) is 13.2 Å². The average molecular weight is 467 g/mol. The Bertz CT molecular complexity index is 1400. The number of benzene rings is 4. The molecule has 0 fully saturated rings. The van der Waals surface area contributed by atoms with E-state index in [2.05, 4.69) is 10.0 Å². The fraction of sp³-hybridized carbons (Fsp3) is 0.0417. The molecule has 0 radical (unpaired) electrons. The largest absolute Gasteiger partial charge is 0.496 e. The molecule has 4 aromatic rings. The van der Waals surface area contributed by atoms with Crippen molar-refractivity contribution in [3.63, 3.8) is 0 Å². The summed E-state index contributed by atoms with van der Waals surface area (Å²) in [5.41, 5.74) is 1.20. The molecule has 1 amide bonds. The van der Waals surface area contributed by atoms with Gasteiger partial charge in [-0.1, -0.05) is 41.9 Å². The number of halogens is 1. The molecule has 6 nitrogen and oxygen atoms in total. The third-order valence-corrected chi connectivity index (χ3v) is 6.50. The maximum Gasteiger partial charge on any atom is 0.261 e. The molecule has 8 heteroatoms. The second kappa shape index (κ2) is 8.90. The quantitative estimate of drug-likeness (QED) is 0.390. The van der Waals surface area contributed by atoms with Gasteiger partial charge in [0.05, 0.1) is 12.0 Å². The molecule has 0 atom stereocenters. The van der Waals surface area contributed by atoms with Crippen LogP contribution < -0.4 is 14.8 Å². The summed E-state index contributed by atoms with van der Waals surface area (Å²) < 4.78 is 33.1. The molecule has 162 valence electrons.